The van der Waals surface area contributed by atoms with Crippen molar-refractivity contribution in [1.29, 1.82) is 0 Å². The highest BCUT2D eigenvalue weighted by Gasteiger charge is 2.12. The normalized spacial score (nSPS) is 12.2. The van der Waals surface area contributed by atoms with Crippen molar-refractivity contribution in [2.24, 2.45) is 0 Å². The van der Waals surface area contributed by atoms with Crippen molar-refractivity contribution in [3.8, 4) is 0 Å². The molecule has 17 heavy (non-hydrogen) atoms. The monoisotopic (exact) mass is 337 g/mol. The van der Waals surface area contributed by atoms with Gasteiger partial charge in [-0.05, 0) is 40.9 Å². The van der Waals surface area contributed by atoms with Gasteiger partial charge in [0.1, 0.15) is 0 Å². The quantitative estimate of drug-likeness (QED) is 0.799. The predicted octanol–water partition coefficient (Wildman–Crippen LogP) is 4.24. The van der Waals surface area contributed by atoms with Crippen LogP contribution in [0.2, 0.25) is 5.02 Å². The first-order valence-corrected chi connectivity index (χ1v) is 7.03. The number of halogens is 3. The molecule has 1 atom stereocenters. The molecule has 1 rings (SSSR count). The molecule has 0 aliphatic carbocycles. The minimum Gasteiger partial charge on any atom is -0.352 e. The fourth-order valence-corrected chi connectivity index (χ4v) is 2.01. The lowest BCUT2D eigenvalue weighted by Crippen LogP contribution is -2.26. The number of hydrogen-bond acceptors (Lipinski definition) is 1. The highest BCUT2D eigenvalue weighted by molar-refractivity contribution is 9.10. The van der Waals surface area contributed by atoms with Crippen LogP contribution >= 0.6 is 39.1 Å². The van der Waals surface area contributed by atoms with E-state index in [9.17, 15) is 4.79 Å². The first-order valence-electron chi connectivity index (χ1n) is 5.42. The maximum Gasteiger partial charge on any atom is 0.252 e. The van der Waals surface area contributed by atoms with Gasteiger partial charge >= 0.3 is 0 Å². The van der Waals surface area contributed by atoms with E-state index in [4.69, 9.17) is 23.2 Å². The molecule has 0 bridgehead atoms. The Morgan fingerprint density at radius 2 is 2.24 bits per heavy atom. The molecule has 0 aliphatic heterocycles. The molecule has 5 heteroatoms. The van der Waals surface area contributed by atoms with Gasteiger partial charge in [-0.2, -0.15) is 0 Å². The van der Waals surface area contributed by atoms with E-state index in [1.165, 1.54) is 0 Å². The van der Waals surface area contributed by atoms with Gasteiger partial charge in [-0.3, -0.25) is 4.79 Å². The number of hydrogen-bond donors (Lipinski definition) is 1. The van der Waals surface area contributed by atoms with Crippen molar-refractivity contribution in [2.75, 3.05) is 6.54 Å². The lowest BCUT2D eigenvalue weighted by Gasteiger charge is -2.09. The summed E-state index contributed by atoms with van der Waals surface area (Å²) in [5, 5.41) is 3.34. The van der Waals surface area contributed by atoms with E-state index >= 15 is 0 Å². The molecule has 1 unspecified atom stereocenters. The van der Waals surface area contributed by atoms with Crippen LogP contribution in [0.15, 0.2) is 22.7 Å². The van der Waals surface area contributed by atoms with E-state index in [1.54, 1.807) is 18.2 Å². The minimum absolute atomic E-state index is 0.105. The number of alkyl halides is 1. The molecule has 1 aromatic carbocycles. The second kappa shape index (κ2) is 7.24. The van der Waals surface area contributed by atoms with Crippen molar-refractivity contribution in [3.63, 3.8) is 0 Å². The van der Waals surface area contributed by atoms with E-state index in [0.29, 0.717) is 17.1 Å². The molecule has 0 fully saturated rings. The predicted molar refractivity (Wildman–Crippen MR) is 76.0 cm³/mol. The third kappa shape index (κ3) is 4.49. The van der Waals surface area contributed by atoms with Crippen LogP contribution in [0.25, 0.3) is 0 Å². The molecule has 94 valence electrons. The SMILES string of the molecule is CCC(Cl)CCNC(=O)c1cccc(Br)c1Cl. The molecule has 0 saturated heterocycles. The zero-order chi connectivity index (χ0) is 12.8. The van der Waals surface area contributed by atoms with Gasteiger partial charge in [-0.25, -0.2) is 0 Å². The summed E-state index contributed by atoms with van der Waals surface area (Å²) in [6.07, 6.45) is 1.66. The van der Waals surface area contributed by atoms with Crippen LogP contribution in [-0.2, 0) is 0 Å². The summed E-state index contributed by atoms with van der Waals surface area (Å²) in [4.78, 5) is 11.8. The van der Waals surface area contributed by atoms with E-state index in [2.05, 4.69) is 21.2 Å². The number of amides is 1. The average molecular weight is 339 g/mol. The third-order valence-electron chi connectivity index (χ3n) is 2.38. The fourth-order valence-electron chi connectivity index (χ4n) is 1.32. The van der Waals surface area contributed by atoms with Gasteiger partial charge in [-0.1, -0.05) is 24.6 Å². The van der Waals surface area contributed by atoms with E-state index < -0.39 is 0 Å². The number of nitrogens with one attached hydrogen (secondary N) is 1. The second-order valence-electron chi connectivity index (χ2n) is 3.65. The van der Waals surface area contributed by atoms with Crippen LogP contribution in [-0.4, -0.2) is 17.8 Å². The summed E-state index contributed by atoms with van der Waals surface area (Å²) < 4.78 is 0.718. The first kappa shape index (κ1) is 14.8. The Balaban J connectivity index is 2.56. The van der Waals surface area contributed by atoms with Crippen molar-refractivity contribution in [2.45, 2.75) is 25.1 Å². The van der Waals surface area contributed by atoms with Gasteiger partial charge in [0, 0.05) is 16.4 Å². The summed E-state index contributed by atoms with van der Waals surface area (Å²) in [5.74, 6) is -0.170. The van der Waals surface area contributed by atoms with E-state index in [0.717, 1.165) is 17.3 Å². The van der Waals surface area contributed by atoms with E-state index in [1.807, 2.05) is 6.92 Å². The molecule has 0 radical (unpaired) electrons. The van der Waals surface area contributed by atoms with E-state index in [-0.39, 0.29) is 11.3 Å². The Morgan fingerprint density at radius 3 is 2.88 bits per heavy atom. The van der Waals surface area contributed by atoms with Gasteiger partial charge < -0.3 is 5.32 Å². The van der Waals surface area contributed by atoms with Crippen molar-refractivity contribution in [1.82, 2.24) is 5.32 Å². The van der Waals surface area contributed by atoms with Gasteiger partial charge in [-0.15, -0.1) is 11.6 Å². The molecular formula is C12H14BrCl2NO. The summed E-state index contributed by atoms with van der Waals surface area (Å²) in [6.45, 7) is 2.58. The Labute approximate surface area is 120 Å². The largest absolute Gasteiger partial charge is 0.352 e. The maximum absolute atomic E-state index is 11.8. The molecule has 1 aromatic rings. The lowest BCUT2D eigenvalue weighted by atomic mass is 10.2. The molecule has 0 aromatic heterocycles. The maximum atomic E-state index is 11.8. The Morgan fingerprint density at radius 1 is 1.53 bits per heavy atom. The van der Waals surface area contributed by atoms with Gasteiger partial charge in [0.15, 0.2) is 0 Å². The Hall–Kier alpha value is -0.250. The molecule has 1 amide bonds. The Kier molecular flexibility index (Phi) is 6.31. The molecule has 1 N–H and O–H groups in total. The van der Waals surface area contributed by atoms with Gasteiger partial charge in [0.25, 0.3) is 5.91 Å². The number of rotatable bonds is 5. The lowest BCUT2D eigenvalue weighted by molar-refractivity contribution is 0.0953. The number of benzene rings is 1. The first-order chi connectivity index (χ1) is 8.06. The summed E-state index contributed by atoms with van der Waals surface area (Å²) in [7, 11) is 0. The van der Waals surface area contributed by atoms with Crippen LogP contribution < -0.4 is 5.32 Å². The van der Waals surface area contributed by atoms with Crippen LogP contribution in [0.4, 0.5) is 0 Å². The Bertz CT molecular complexity index is 398. The zero-order valence-corrected chi connectivity index (χ0v) is 12.6. The van der Waals surface area contributed by atoms with Crippen molar-refractivity contribution < 1.29 is 4.79 Å². The summed E-state index contributed by atoms with van der Waals surface area (Å²) in [6, 6.07) is 5.27. The highest BCUT2D eigenvalue weighted by atomic mass is 79.9. The van der Waals surface area contributed by atoms with Gasteiger partial charge in [0.2, 0.25) is 0 Å². The average Bonchev–Trinajstić information content (AvgIpc) is 2.32. The van der Waals surface area contributed by atoms with Crippen molar-refractivity contribution in [3.05, 3.63) is 33.3 Å². The fraction of sp³-hybridized carbons (Fsp3) is 0.417. The molecule has 0 aliphatic rings. The van der Waals surface area contributed by atoms with Gasteiger partial charge in [0.05, 0.1) is 10.6 Å². The summed E-state index contributed by atoms with van der Waals surface area (Å²) in [5.41, 5.74) is 0.476. The van der Waals surface area contributed by atoms with Crippen molar-refractivity contribution >= 4 is 45.0 Å². The summed E-state index contributed by atoms with van der Waals surface area (Å²) >= 11 is 15.3. The second-order valence-corrected chi connectivity index (χ2v) is 5.50. The molecular weight excluding hydrogens is 325 g/mol. The molecule has 0 spiro atoms. The molecule has 2 nitrogen and oxygen atoms in total. The standard InChI is InChI=1S/C12H14BrCl2NO/c1-2-8(14)6-7-16-12(17)9-4-3-5-10(13)11(9)15/h3-5,8H,2,6-7H2,1H3,(H,16,17). The van der Waals surface area contributed by atoms with Crippen LogP contribution in [0, 0.1) is 0 Å². The number of carbonyl (C=O) groups excluding carboxylic acids is 1. The van der Waals surface area contributed by atoms with Crippen LogP contribution in [0.5, 0.6) is 0 Å². The third-order valence-corrected chi connectivity index (χ3v) is 4.21. The number of carbonyl (C=O) groups is 1. The van der Waals surface area contributed by atoms with Crippen LogP contribution in [0.1, 0.15) is 30.1 Å². The minimum atomic E-state index is -0.170. The highest BCUT2D eigenvalue weighted by Crippen LogP contribution is 2.25. The molecule has 0 saturated carbocycles. The zero-order valence-electron chi connectivity index (χ0n) is 9.47. The van der Waals surface area contributed by atoms with Crippen LogP contribution in [0.3, 0.4) is 0 Å². The molecule has 0 heterocycles. The topological polar surface area (TPSA) is 29.1 Å². The smallest absolute Gasteiger partial charge is 0.252 e.